The molecule has 66 valence electrons. The van der Waals surface area contributed by atoms with Crippen LogP contribution in [-0.2, 0) is 4.79 Å². The second kappa shape index (κ2) is 4.34. The second-order valence-corrected chi connectivity index (χ2v) is 3.09. The van der Waals surface area contributed by atoms with Crippen molar-refractivity contribution < 1.29 is 15.0 Å². The summed E-state index contributed by atoms with van der Waals surface area (Å²) >= 11 is 0. The van der Waals surface area contributed by atoms with E-state index in [0.717, 1.165) is 0 Å². The molecule has 0 saturated heterocycles. The zero-order chi connectivity index (χ0) is 9.02. The van der Waals surface area contributed by atoms with Gasteiger partial charge >= 0.3 is 5.97 Å². The Morgan fingerprint density at radius 1 is 1.45 bits per heavy atom. The van der Waals surface area contributed by atoms with Crippen LogP contribution in [0.5, 0.6) is 0 Å². The third-order valence-electron chi connectivity index (χ3n) is 1.85. The topological polar surface area (TPSA) is 57.5 Å². The van der Waals surface area contributed by atoms with Crippen molar-refractivity contribution in [3.05, 3.63) is 0 Å². The summed E-state index contributed by atoms with van der Waals surface area (Å²) in [5.74, 6) is -1.51. The number of aliphatic hydroxyl groups excluding tert-OH is 1. The Morgan fingerprint density at radius 2 is 1.91 bits per heavy atom. The molecule has 0 unspecified atom stereocenters. The highest BCUT2D eigenvalue weighted by Gasteiger charge is 2.26. The van der Waals surface area contributed by atoms with Crippen LogP contribution in [0.4, 0.5) is 0 Å². The standard InChI is InChI=1S/C8H16O3/c1-4-6(8(10)11)7(9)5(2)3/h5-7,9H,4H2,1-3H3,(H,10,11)/t6-,7+/m0/s1. The fourth-order valence-corrected chi connectivity index (χ4v) is 1.03. The van der Waals surface area contributed by atoms with Gasteiger partial charge in [0.15, 0.2) is 0 Å². The van der Waals surface area contributed by atoms with Gasteiger partial charge in [0.2, 0.25) is 0 Å². The maximum atomic E-state index is 10.5. The van der Waals surface area contributed by atoms with E-state index >= 15 is 0 Å². The monoisotopic (exact) mass is 160 g/mol. The SMILES string of the molecule is CC[C@H](C(=O)O)[C@H](O)C(C)C. The van der Waals surface area contributed by atoms with Gasteiger partial charge in [0.05, 0.1) is 12.0 Å². The molecule has 0 aliphatic carbocycles. The average Bonchev–Trinajstić information content (AvgIpc) is 1.88. The van der Waals surface area contributed by atoms with Gasteiger partial charge in [0.1, 0.15) is 0 Å². The zero-order valence-corrected chi connectivity index (χ0v) is 7.24. The number of rotatable bonds is 4. The molecule has 0 aromatic carbocycles. The zero-order valence-electron chi connectivity index (χ0n) is 7.24. The predicted octanol–water partition coefficient (Wildman–Crippen LogP) is 1.11. The molecule has 0 fully saturated rings. The highest BCUT2D eigenvalue weighted by molar-refractivity contribution is 5.70. The molecular formula is C8H16O3. The van der Waals surface area contributed by atoms with Crippen molar-refractivity contribution in [3.63, 3.8) is 0 Å². The van der Waals surface area contributed by atoms with E-state index in [1.807, 2.05) is 13.8 Å². The van der Waals surface area contributed by atoms with Crippen molar-refractivity contribution in [2.45, 2.75) is 33.3 Å². The molecule has 0 heterocycles. The molecule has 11 heavy (non-hydrogen) atoms. The molecule has 0 aliphatic rings. The van der Waals surface area contributed by atoms with E-state index in [-0.39, 0.29) is 5.92 Å². The fraction of sp³-hybridized carbons (Fsp3) is 0.875. The number of carbonyl (C=O) groups is 1. The van der Waals surface area contributed by atoms with Crippen molar-refractivity contribution in [3.8, 4) is 0 Å². The molecule has 0 aromatic heterocycles. The second-order valence-electron chi connectivity index (χ2n) is 3.09. The summed E-state index contributed by atoms with van der Waals surface area (Å²) in [6.07, 6.45) is -0.244. The van der Waals surface area contributed by atoms with Crippen molar-refractivity contribution in [1.29, 1.82) is 0 Å². The number of aliphatic carboxylic acids is 1. The summed E-state index contributed by atoms with van der Waals surface area (Å²) in [6, 6.07) is 0. The summed E-state index contributed by atoms with van der Waals surface area (Å²) in [7, 11) is 0. The number of aliphatic hydroxyl groups is 1. The van der Waals surface area contributed by atoms with Gasteiger partial charge in [-0.15, -0.1) is 0 Å². The lowest BCUT2D eigenvalue weighted by atomic mass is 9.91. The van der Waals surface area contributed by atoms with Crippen LogP contribution >= 0.6 is 0 Å². The van der Waals surface area contributed by atoms with Crippen LogP contribution in [0.15, 0.2) is 0 Å². The molecular weight excluding hydrogens is 144 g/mol. The lowest BCUT2D eigenvalue weighted by molar-refractivity contribution is -0.147. The van der Waals surface area contributed by atoms with Crippen LogP contribution in [0.25, 0.3) is 0 Å². The molecule has 0 aromatic rings. The first kappa shape index (κ1) is 10.4. The molecule has 2 atom stereocenters. The third kappa shape index (κ3) is 2.89. The van der Waals surface area contributed by atoms with Gasteiger partial charge in [-0.05, 0) is 12.3 Å². The summed E-state index contributed by atoms with van der Waals surface area (Å²) in [5.41, 5.74) is 0. The van der Waals surface area contributed by atoms with E-state index in [1.165, 1.54) is 0 Å². The van der Waals surface area contributed by atoms with Gasteiger partial charge in [-0.25, -0.2) is 0 Å². The van der Waals surface area contributed by atoms with Gasteiger partial charge in [0.25, 0.3) is 0 Å². The van der Waals surface area contributed by atoms with E-state index in [4.69, 9.17) is 5.11 Å². The highest BCUT2D eigenvalue weighted by Crippen LogP contribution is 2.15. The van der Waals surface area contributed by atoms with E-state index < -0.39 is 18.0 Å². The predicted molar refractivity (Wildman–Crippen MR) is 42.3 cm³/mol. The molecule has 0 radical (unpaired) electrons. The van der Waals surface area contributed by atoms with E-state index in [2.05, 4.69) is 0 Å². The van der Waals surface area contributed by atoms with E-state index in [0.29, 0.717) is 6.42 Å². The number of hydrogen-bond donors (Lipinski definition) is 2. The van der Waals surface area contributed by atoms with Crippen LogP contribution in [0, 0.1) is 11.8 Å². The normalized spacial score (nSPS) is 16.5. The number of carboxylic acid groups (broad SMARTS) is 1. The highest BCUT2D eigenvalue weighted by atomic mass is 16.4. The van der Waals surface area contributed by atoms with Gasteiger partial charge < -0.3 is 10.2 Å². The summed E-state index contributed by atoms with van der Waals surface area (Å²) < 4.78 is 0. The molecule has 3 nitrogen and oxygen atoms in total. The third-order valence-corrected chi connectivity index (χ3v) is 1.85. The largest absolute Gasteiger partial charge is 0.481 e. The molecule has 0 saturated carbocycles. The van der Waals surface area contributed by atoms with Crippen molar-refractivity contribution in [1.82, 2.24) is 0 Å². The van der Waals surface area contributed by atoms with Crippen molar-refractivity contribution >= 4 is 5.97 Å². The summed E-state index contributed by atoms with van der Waals surface area (Å²) in [5, 5.41) is 18.0. The molecule has 0 rings (SSSR count). The lowest BCUT2D eigenvalue weighted by Gasteiger charge is -2.20. The van der Waals surface area contributed by atoms with Gasteiger partial charge in [-0.3, -0.25) is 4.79 Å². The first-order chi connectivity index (χ1) is 5.00. The van der Waals surface area contributed by atoms with Crippen LogP contribution in [-0.4, -0.2) is 22.3 Å². The Kier molecular flexibility index (Phi) is 4.11. The van der Waals surface area contributed by atoms with Gasteiger partial charge in [-0.1, -0.05) is 20.8 Å². The molecule has 3 heteroatoms. The molecule has 0 aliphatic heterocycles. The average molecular weight is 160 g/mol. The first-order valence-electron chi connectivity index (χ1n) is 3.91. The Balaban J connectivity index is 4.14. The molecule has 0 amide bonds. The maximum Gasteiger partial charge on any atom is 0.309 e. The van der Waals surface area contributed by atoms with E-state index in [9.17, 15) is 9.90 Å². The number of hydrogen-bond acceptors (Lipinski definition) is 2. The Hall–Kier alpha value is -0.570. The molecule has 0 spiro atoms. The fourth-order valence-electron chi connectivity index (χ4n) is 1.03. The smallest absolute Gasteiger partial charge is 0.309 e. The Morgan fingerprint density at radius 3 is 2.00 bits per heavy atom. The maximum absolute atomic E-state index is 10.5. The first-order valence-corrected chi connectivity index (χ1v) is 3.91. The van der Waals surface area contributed by atoms with E-state index in [1.54, 1.807) is 6.92 Å². The number of carboxylic acids is 1. The molecule has 2 N–H and O–H groups in total. The van der Waals surface area contributed by atoms with Crippen LogP contribution in [0.3, 0.4) is 0 Å². The van der Waals surface area contributed by atoms with Crippen molar-refractivity contribution in [2.75, 3.05) is 0 Å². The Labute approximate surface area is 67.0 Å². The van der Waals surface area contributed by atoms with Gasteiger partial charge in [0, 0.05) is 0 Å². The van der Waals surface area contributed by atoms with Crippen LogP contribution < -0.4 is 0 Å². The van der Waals surface area contributed by atoms with Crippen molar-refractivity contribution in [2.24, 2.45) is 11.8 Å². The van der Waals surface area contributed by atoms with Crippen LogP contribution in [0.1, 0.15) is 27.2 Å². The summed E-state index contributed by atoms with van der Waals surface area (Å²) in [6.45, 7) is 5.40. The minimum absolute atomic E-state index is 0.0102. The van der Waals surface area contributed by atoms with Gasteiger partial charge in [-0.2, -0.15) is 0 Å². The van der Waals surface area contributed by atoms with Crippen LogP contribution in [0.2, 0.25) is 0 Å². The minimum Gasteiger partial charge on any atom is -0.481 e. The quantitative estimate of drug-likeness (QED) is 0.647. The minimum atomic E-state index is -0.909. The molecule has 0 bridgehead atoms. The Bertz CT molecular complexity index is 131. The summed E-state index contributed by atoms with van der Waals surface area (Å²) in [4.78, 5) is 10.5. The lowest BCUT2D eigenvalue weighted by Crippen LogP contribution is -2.31.